The van der Waals surface area contributed by atoms with Gasteiger partial charge >= 0.3 is 5.51 Å². The van der Waals surface area contributed by atoms with Gasteiger partial charge in [-0.2, -0.15) is 13.2 Å². The molecule has 0 saturated carbocycles. The molecule has 0 amide bonds. The zero-order chi connectivity index (χ0) is 20.4. The molecule has 0 aliphatic rings. The number of hydrogen-bond acceptors (Lipinski definition) is 2. The Balaban J connectivity index is 1.93. The Hall–Kier alpha value is -3.12. The molecule has 0 heterocycles. The highest BCUT2D eigenvalue weighted by atomic mass is 32.2. The van der Waals surface area contributed by atoms with Crippen LogP contribution < -0.4 is 0 Å². The van der Waals surface area contributed by atoms with Gasteiger partial charge in [0.1, 0.15) is 0 Å². The van der Waals surface area contributed by atoms with Gasteiger partial charge in [0.2, 0.25) is 0 Å². The van der Waals surface area contributed by atoms with Crippen LogP contribution in [0, 0.1) is 0 Å². The van der Waals surface area contributed by atoms with Crippen molar-refractivity contribution < 1.29 is 21.6 Å². The number of fused-ring (bicyclic) bond motifs is 5. The van der Waals surface area contributed by atoms with Gasteiger partial charge in [-0.05, 0) is 68.0 Å². The number of rotatable bonds is 1. The van der Waals surface area contributed by atoms with E-state index in [1.54, 1.807) is 18.2 Å². The maximum Gasteiger partial charge on any atom is 0.501 e. The van der Waals surface area contributed by atoms with Gasteiger partial charge < -0.3 is 0 Å². The van der Waals surface area contributed by atoms with E-state index in [4.69, 9.17) is 0 Å². The fourth-order valence-electron chi connectivity index (χ4n) is 3.85. The van der Waals surface area contributed by atoms with Gasteiger partial charge in [-0.25, -0.2) is 8.42 Å². The number of sulfone groups is 1. The van der Waals surface area contributed by atoms with Crippen LogP contribution in [0.3, 0.4) is 0 Å². The van der Waals surface area contributed by atoms with E-state index in [-0.39, 0.29) is 5.39 Å². The quantitative estimate of drug-likeness (QED) is 0.231. The summed E-state index contributed by atoms with van der Waals surface area (Å²) in [6, 6.07) is 22.9. The van der Waals surface area contributed by atoms with Gasteiger partial charge in [0, 0.05) is 5.39 Å². The van der Waals surface area contributed by atoms with Gasteiger partial charge in [-0.3, -0.25) is 0 Å². The molecular formula is C23H13F3O2S. The van der Waals surface area contributed by atoms with E-state index in [0.29, 0.717) is 10.8 Å². The van der Waals surface area contributed by atoms with E-state index in [1.807, 2.05) is 48.5 Å². The highest BCUT2D eigenvalue weighted by Gasteiger charge is 2.47. The number of hydrogen-bond donors (Lipinski definition) is 0. The first-order valence-electron chi connectivity index (χ1n) is 8.85. The first-order valence-corrected chi connectivity index (χ1v) is 10.3. The van der Waals surface area contributed by atoms with Gasteiger partial charge in [-0.1, -0.05) is 48.5 Å². The van der Waals surface area contributed by atoms with Crippen LogP contribution in [0.15, 0.2) is 83.8 Å². The average Bonchev–Trinajstić information content (AvgIpc) is 2.69. The molecular weight excluding hydrogens is 397 g/mol. The zero-order valence-electron chi connectivity index (χ0n) is 14.9. The molecule has 0 fully saturated rings. The monoisotopic (exact) mass is 410 g/mol. The second-order valence-electron chi connectivity index (χ2n) is 6.99. The average molecular weight is 410 g/mol. The maximum atomic E-state index is 13.2. The molecule has 5 aromatic rings. The summed E-state index contributed by atoms with van der Waals surface area (Å²) in [6.07, 6.45) is 0. The number of alkyl halides is 3. The van der Waals surface area contributed by atoms with E-state index >= 15 is 0 Å². The van der Waals surface area contributed by atoms with Crippen LogP contribution in [0.2, 0.25) is 0 Å². The van der Waals surface area contributed by atoms with Crippen molar-refractivity contribution in [2.45, 2.75) is 10.4 Å². The van der Waals surface area contributed by atoms with Gasteiger partial charge in [0.25, 0.3) is 9.84 Å². The van der Waals surface area contributed by atoms with Crippen molar-refractivity contribution in [3.05, 3.63) is 78.9 Å². The fraction of sp³-hybridized carbons (Fsp3) is 0.0435. The van der Waals surface area contributed by atoms with Crippen LogP contribution in [0.4, 0.5) is 13.2 Å². The highest BCUT2D eigenvalue weighted by molar-refractivity contribution is 7.92. The predicted octanol–water partition coefficient (Wildman–Crippen LogP) is 6.59. The summed E-state index contributed by atoms with van der Waals surface area (Å²) < 4.78 is 63.8. The molecule has 0 aliphatic carbocycles. The second-order valence-corrected chi connectivity index (χ2v) is 8.90. The SMILES string of the molecule is O=S(=O)(c1cccc2cc3ccc4cc5ccccc5cc4c3cc12)C(F)(F)F. The molecule has 0 bridgehead atoms. The summed E-state index contributed by atoms with van der Waals surface area (Å²) in [7, 11) is -5.46. The topological polar surface area (TPSA) is 34.1 Å². The van der Waals surface area contributed by atoms with Crippen molar-refractivity contribution in [2.24, 2.45) is 0 Å². The van der Waals surface area contributed by atoms with Gasteiger partial charge in [0.05, 0.1) is 4.90 Å². The van der Waals surface area contributed by atoms with Crippen LogP contribution in [0.25, 0.3) is 43.1 Å². The second kappa shape index (κ2) is 5.94. The standard InChI is InChI=1S/C23H13F3O2S/c24-23(25,26)29(27,28)22-7-3-6-16-11-18-9-8-17-10-14-4-1-2-5-15(14)12-19(17)20(18)13-21(16)22/h1-13H. The Bertz CT molecular complexity index is 1550. The summed E-state index contributed by atoms with van der Waals surface area (Å²) in [6.45, 7) is 0. The number of halogens is 3. The summed E-state index contributed by atoms with van der Waals surface area (Å²) in [4.78, 5) is -0.720. The Morgan fingerprint density at radius 1 is 0.552 bits per heavy atom. The molecule has 0 spiro atoms. The summed E-state index contributed by atoms with van der Waals surface area (Å²) in [5, 5.41) is 5.92. The van der Waals surface area contributed by atoms with Crippen molar-refractivity contribution in [1.29, 1.82) is 0 Å². The van der Waals surface area contributed by atoms with Crippen LogP contribution in [0.1, 0.15) is 0 Å². The smallest absolute Gasteiger partial charge is 0.214 e. The minimum absolute atomic E-state index is 0.0676. The Labute approximate surface area is 164 Å². The molecule has 6 heteroatoms. The molecule has 0 aliphatic heterocycles. The molecule has 5 rings (SSSR count). The maximum absolute atomic E-state index is 13.2. The van der Waals surface area contributed by atoms with E-state index in [1.165, 1.54) is 6.07 Å². The molecule has 0 N–H and O–H groups in total. The van der Waals surface area contributed by atoms with Crippen molar-refractivity contribution in [3.8, 4) is 0 Å². The van der Waals surface area contributed by atoms with E-state index < -0.39 is 20.2 Å². The first-order chi connectivity index (χ1) is 13.8. The van der Waals surface area contributed by atoms with Crippen molar-refractivity contribution in [2.75, 3.05) is 0 Å². The van der Waals surface area contributed by atoms with Gasteiger partial charge in [-0.15, -0.1) is 0 Å². The molecule has 0 radical (unpaired) electrons. The van der Waals surface area contributed by atoms with E-state index in [0.717, 1.165) is 33.0 Å². The molecule has 5 aromatic carbocycles. The minimum Gasteiger partial charge on any atom is -0.214 e. The number of benzene rings is 5. The van der Waals surface area contributed by atoms with Crippen LogP contribution in [-0.4, -0.2) is 13.9 Å². The summed E-state index contributed by atoms with van der Waals surface area (Å²) >= 11 is 0. The highest BCUT2D eigenvalue weighted by Crippen LogP contribution is 2.38. The van der Waals surface area contributed by atoms with Crippen LogP contribution >= 0.6 is 0 Å². The van der Waals surface area contributed by atoms with E-state index in [9.17, 15) is 21.6 Å². The first kappa shape index (κ1) is 17.9. The Kier molecular flexibility index (Phi) is 3.67. The molecule has 2 nitrogen and oxygen atoms in total. The third-order valence-corrected chi connectivity index (χ3v) is 6.80. The third kappa shape index (κ3) is 2.67. The molecule has 144 valence electrons. The lowest BCUT2D eigenvalue weighted by Crippen LogP contribution is -2.23. The molecule has 29 heavy (non-hydrogen) atoms. The molecule has 0 atom stereocenters. The molecule has 0 unspecified atom stereocenters. The van der Waals surface area contributed by atoms with Crippen LogP contribution in [0.5, 0.6) is 0 Å². The normalized spacial score (nSPS) is 12.9. The lowest BCUT2D eigenvalue weighted by Gasteiger charge is -2.13. The van der Waals surface area contributed by atoms with E-state index in [2.05, 4.69) is 0 Å². The van der Waals surface area contributed by atoms with Crippen molar-refractivity contribution >= 4 is 52.9 Å². The Morgan fingerprint density at radius 2 is 1.07 bits per heavy atom. The van der Waals surface area contributed by atoms with Crippen LogP contribution in [-0.2, 0) is 9.84 Å². The fourth-order valence-corrected chi connectivity index (χ4v) is 4.83. The van der Waals surface area contributed by atoms with Crippen molar-refractivity contribution in [1.82, 2.24) is 0 Å². The third-order valence-electron chi connectivity index (χ3n) is 5.26. The largest absolute Gasteiger partial charge is 0.501 e. The summed E-state index contributed by atoms with van der Waals surface area (Å²) in [5.41, 5.74) is -5.36. The zero-order valence-corrected chi connectivity index (χ0v) is 15.7. The van der Waals surface area contributed by atoms with Gasteiger partial charge in [0.15, 0.2) is 0 Å². The Morgan fingerprint density at radius 3 is 1.72 bits per heavy atom. The lowest BCUT2D eigenvalue weighted by molar-refractivity contribution is -0.0435. The predicted molar refractivity (Wildman–Crippen MR) is 110 cm³/mol. The lowest BCUT2D eigenvalue weighted by atomic mass is 9.96. The van der Waals surface area contributed by atoms with Crippen molar-refractivity contribution in [3.63, 3.8) is 0 Å². The summed E-state index contributed by atoms with van der Waals surface area (Å²) in [5.74, 6) is 0. The minimum atomic E-state index is -5.46. The molecule has 0 saturated heterocycles. The molecule has 0 aromatic heterocycles.